The number of hydrogen-bond acceptors (Lipinski definition) is 2. The van der Waals surface area contributed by atoms with Crippen molar-refractivity contribution >= 4 is 63.9 Å². The largest absolute Gasteiger partial charge is 0.334 e. The van der Waals surface area contributed by atoms with E-state index in [0.717, 1.165) is 33.8 Å². The molecule has 0 aliphatic carbocycles. The number of para-hydroxylation sites is 1. The number of allylic oxidation sites excluding steroid dienone is 2. The van der Waals surface area contributed by atoms with Crippen LogP contribution < -0.4 is 4.90 Å². The maximum atomic E-state index is 6.32. The third kappa shape index (κ3) is 4.28. The summed E-state index contributed by atoms with van der Waals surface area (Å²) < 4.78 is 0. The lowest BCUT2D eigenvalue weighted by molar-refractivity contribution is 1.08. The van der Waals surface area contributed by atoms with Crippen LogP contribution in [0.15, 0.2) is 65.2 Å². The highest BCUT2D eigenvalue weighted by Gasteiger charge is 2.25. The van der Waals surface area contributed by atoms with Crippen LogP contribution in [0.25, 0.3) is 22.3 Å². The standard InChI is InChI=1S/C23H17Cl4NS/c1-13-14(2)29-12-28(13)23-21(15-6-17(24)10-18(25)7-15)4-3-5-22(23)16-8-19(26)11-20(27)9-16/h3-11H,12H2,1-2H3. The second-order valence-electron chi connectivity index (χ2n) is 6.86. The van der Waals surface area contributed by atoms with E-state index >= 15 is 0 Å². The van der Waals surface area contributed by atoms with Gasteiger partial charge in [0.15, 0.2) is 0 Å². The first-order chi connectivity index (χ1) is 13.8. The smallest absolute Gasteiger partial charge is 0.0729 e. The number of rotatable bonds is 3. The third-order valence-electron chi connectivity index (χ3n) is 4.98. The van der Waals surface area contributed by atoms with E-state index < -0.39 is 0 Å². The summed E-state index contributed by atoms with van der Waals surface area (Å²) in [6, 6.07) is 17.5. The first-order valence-corrected chi connectivity index (χ1v) is 11.5. The van der Waals surface area contributed by atoms with Gasteiger partial charge in [-0.15, -0.1) is 11.8 Å². The molecule has 3 aromatic carbocycles. The zero-order chi connectivity index (χ0) is 20.7. The van der Waals surface area contributed by atoms with Gasteiger partial charge in [-0.2, -0.15) is 0 Å². The summed E-state index contributed by atoms with van der Waals surface area (Å²) >= 11 is 27.1. The van der Waals surface area contributed by atoms with E-state index in [0.29, 0.717) is 20.1 Å². The first-order valence-electron chi connectivity index (χ1n) is 8.97. The highest BCUT2D eigenvalue weighted by atomic mass is 35.5. The van der Waals surface area contributed by atoms with Crippen LogP contribution in [-0.2, 0) is 0 Å². The van der Waals surface area contributed by atoms with Crippen molar-refractivity contribution in [2.75, 3.05) is 10.8 Å². The molecule has 0 fully saturated rings. The Morgan fingerprint density at radius 1 is 0.724 bits per heavy atom. The molecule has 0 bridgehead atoms. The molecule has 0 N–H and O–H groups in total. The van der Waals surface area contributed by atoms with Crippen molar-refractivity contribution in [3.63, 3.8) is 0 Å². The van der Waals surface area contributed by atoms with Gasteiger partial charge >= 0.3 is 0 Å². The van der Waals surface area contributed by atoms with Crippen molar-refractivity contribution in [1.82, 2.24) is 0 Å². The highest BCUT2D eigenvalue weighted by Crippen LogP contribution is 2.46. The van der Waals surface area contributed by atoms with E-state index in [1.807, 2.05) is 42.1 Å². The predicted molar refractivity (Wildman–Crippen MR) is 131 cm³/mol. The Kier molecular flexibility index (Phi) is 6.11. The van der Waals surface area contributed by atoms with E-state index in [-0.39, 0.29) is 0 Å². The quantitative estimate of drug-likeness (QED) is 0.367. The molecule has 0 aromatic heterocycles. The molecule has 0 amide bonds. The van der Waals surface area contributed by atoms with Crippen LogP contribution in [0.1, 0.15) is 13.8 Å². The molecule has 4 rings (SSSR count). The van der Waals surface area contributed by atoms with Gasteiger partial charge in [0.25, 0.3) is 0 Å². The Bertz CT molecular complexity index is 1030. The summed E-state index contributed by atoms with van der Waals surface area (Å²) in [5.41, 5.74) is 6.36. The molecule has 148 valence electrons. The van der Waals surface area contributed by atoms with Crippen LogP contribution in [-0.4, -0.2) is 5.88 Å². The van der Waals surface area contributed by atoms with Gasteiger partial charge in [-0.25, -0.2) is 0 Å². The van der Waals surface area contributed by atoms with Gasteiger partial charge in [0.1, 0.15) is 0 Å². The van der Waals surface area contributed by atoms with Gasteiger partial charge in [0.05, 0.1) is 11.6 Å². The van der Waals surface area contributed by atoms with E-state index in [1.54, 1.807) is 12.1 Å². The Hall–Kier alpha value is -1.29. The van der Waals surface area contributed by atoms with Gasteiger partial charge in [0.2, 0.25) is 0 Å². The van der Waals surface area contributed by atoms with E-state index in [4.69, 9.17) is 46.4 Å². The molecule has 6 heteroatoms. The summed E-state index contributed by atoms with van der Waals surface area (Å²) in [6.07, 6.45) is 0. The van der Waals surface area contributed by atoms with Crippen LogP contribution in [0.2, 0.25) is 20.1 Å². The fourth-order valence-electron chi connectivity index (χ4n) is 3.50. The maximum Gasteiger partial charge on any atom is 0.0729 e. The molecule has 1 nitrogen and oxygen atoms in total. The Morgan fingerprint density at radius 2 is 1.17 bits per heavy atom. The Labute approximate surface area is 195 Å². The molecule has 29 heavy (non-hydrogen) atoms. The molecule has 0 unspecified atom stereocenters. The average molecular weight is 481 g/mol. The minimum Gasteiger partial charge on any atom is -0.334 e. The van der Waals surface area contributed by atoms with Crippen LogP contribution in [0.3, 0.4) is 0 Å². The average Bonchev–Trinajstić information content (AvgIpc) is 2.98. The third-order valence-corrected chi connectivity index (χ3v) is 6.97. The van der Waals surface area contributed by atoms with E-state index in [9.17, 15) is 0 Å². The topological polar surface area (TPSA) is 3.24 Å². The minimum absolute atomic E-state index is 0.605. The lowest BCUT2D eigenvalue weighted by atomic mass is 9.95. The van der Waals surface area contributed by atoms with Crippen LogP contribution in [0.4, 0.5) is 5.69 Å². The highest BCUT2D eigenvalue weighted by molar-refractivity contribution is 8.03. The Balaban J connectivity index is 2.02. The zero-order valence-corrected chi connectivity index (χ0v) is 19.6. The molecule has 0 atom stereocenters. The molecule has 0 spiro atoms. The SMILES string of the molecule is CC1=C(C)N(c2c(-c3cc(Cl)cc(Cl)c3)cccc2-c2cc(Cl)cc(Cl)c2)CS1. The van der Waals surface area contributed by atoms with Gasteiger partial charge in [-0.1, -0.05) is 64.6 Å². The molecule has 3 aromatic rings. The molecule has 1 heterocycles. The summed E-state index contributed by atoms with van der Waals surface area (Å²) in [5, 5.41) is 2.42. The zero-order valence-electron chi connectivity index (χ0n) is 15.8. The number of nitrogens with zero attached hydrogens (tertiary/aromatic N) is 1. The van der Waals surface area contributed by atoms with Crippen LogP contribution >= 0.6 is 58.2 Å². The second kappa shape index (κ2) is 8.45. The Morgan fingerprint density at radius 3 is 1.55 bits per heavy atom. The van der Waals surface area contributed by atoms with Crippen molar-refractivity contribution in [1.29, 1.82) is 0 Å². The monoisotopic (exact) mass is 479 g/mol. The van der Waals surface area contributed by atoms with Crippen LogP contribution in [0.5, 0.6) is 0 Å². The normalized spacial score (nSPS) is 14.1. The second-order valence-corrected chi connectivity index (χ2v) is 9.77. The lowest BCUT2D eigenvalue weighted by Gasteiger charge is -2.27. The molecule has 1 aliphatic heterocycles. The van der Waals surface area contributed by atoms with Gasteiger partial charge < -0.3 is 4.90 Å². The van der Waals surface area contributed by atoms with Crippen molar-refractivity contribution < 1.29 is 0 Å². The molecule has 0 radical (unpaired) electrons. The number of hydrogen-bond donors (Lipinski definition) is 0. The van der Waals surface area contributed by atoms with Gasteiger partial charge in [-0.05, 0) is 61.4 Å². The van der Waals surface area contributed by atoms with Crippen LogP contribution in [0, 0.1) is 0 Å². The minimum atomic E-state index is 0.605. The first kappa shape index (κ1) is 21.0. The van der Waals surface area contributed by atoms with E-state index in [1.165, 1.54) is 10.6 Å². The summed E-state index contributed by atoms with van der Waals surface area (Å²) in [4.78, 5) is 3.63. The molecule has 0 saturated heterocycles. The molecule has 0 saturated carbocycles. The van der Waals surface area contributed by atoms with Crippen molar-refractivity contribution in [3.05, 3.63) is 85.3 Å². The number of halogens is 4. The molecular formula is C23H17Cl4NS. The van der Waals surface area contributed by atoms with Crippen molar-refractivity contribution in [2.45, 2.75) is 13.8 Å². The predicted octanol–water partition coefficient (Wildman–Crippen LogP) is 9.40. The van der Waals surface area contributed by atoms with Gasteiger partial charge in [0, 0.05) is 41.8 Å². The fourth-order valence-corrected chi connectivity index (χ4v) is 5.52. The summed E-state index contributed by atoms with van der Waals surface area (Å²) in [6.45, 7) is 4.29. The number of anilines is 1. The summed E-state index contributed by atoms with van der Waals surface area (Å²) in [5.74, 6) is 0.838. The molecular weight excluding hydrogens is 464 g/mol. The maximum absolute atomic E-state index is 6.32. The van der Waals surface area contributed by atoms with Crippen molar-refractivity contribution in [2.24, 2.45) is 0 Å². The number of benzene rings is 3. The van der Waals surface area contributed by atoms with Gasteiger partial charge in [-0.3, -0.25) is 0 Å². The summed E-state index contributed by atoms with van der Waals surface area (Å²) in [7, 11) is 0. The lowest BCUT2D eigenvalue weighted by Crippen LogP contribution is -2.18. The fraction of sp³-hybridized carbons (Fsp3) is 0.130. The number of thioether (sulfide) groups is 1. The van der Waals surface area contributed by atoms with E-state index in [2.05, 4.69) is 30.9 Å². The van der Waals surface area contributed by atoms with Crippen molar-refractivity contribution in [3.8, 4) is 22.3 Å². The molecule has 1 aliphatic rings.